The van der Waals surface area contributed by atoms with Gasteiger partial charge in [-0.3, -0.25) is 0 Å². The molecule has 1 aromatic carbocycles. The van der Waals surface area contributed by atoms with Crippen molar-refractivity contribution in [3.63, 3.8) is 0 Å². The number of aromatic nitrogens is 3. The lowest BCUT2D eigenvalue weighted by atomic mass is 10.2. The van der Waals surface area contributed by atoms with Crippen molar-refractivity contribution in [1.29, 1.82) is 0 Å². The Morgan fingerprint density at radius 1 is 1.29 bits per heavy atom. The molecule has 0 radical (unpaired) electrons. The molecule has 14 heavy (non-hydrogen) atoms. The van der Waals surface area contributed by atoms with Gasteiger partial charge in [0.15, 0.2) is 0 Å². The van der Waals surface area contributed by atoms with Gasteiger partial charge in [0.1, 0.15) is 0 Å². The Morgan fingerprint density at radius 3 is 2.64 bits per heavy atom. The average Bonchev–Trinajstić information content (AvgIpc) is 2.70. The van der Waals surface area contributed by atoms with Crippen molar-refractivity contribution in [2.75, 3.05) is 0 Å². The van der Waals surface area contributed by atoms with Crippen LogP contribution in [0.4, 0.5) is 0 Å². The van der Waals surface area contributed by atoms with Crippen molar-refractivity contribution in [1.82, 2.24) is 15.0 Å². The topological polar surface area (TPSA) is 56.7 Å². The molecule has 1 heterocycles. The molecule has 0 aliphatic heterocycles. The minimum Gasteiger partial charge on any atom is -0.326 e. The van der Waals surface area contributed by atoms with Gasteiger partial charge in [0, 0.05) is 11.6 Å². The van der Waals surface area contributed by atoms with E-state index in [1.54, 1.807) is 18.5 Å². The highest BCUT2D eigenvalue weighted by atomic mass is 35.5. The number of nitrogens with two attached hydrogens (primary N) is 1. The van der Waals surface area contributed by atoms with Crippen molar-refractivity contribution < 1.29 is 0 Å². The second-order valence-corrected chi connectivity index (χ2v) is 3.23. The summed E-state index contributed by atoms with van der Waals surface area (Å²) in [6.07, 6.45) is 3.24. The van der Waals surface area contributed by atoms with Gasteiger partial charge in [-0.15, -0.1) is 0 Å². The average molecular weight is 209 g/mol. The summed E-state index contributed by atoms with van der Waals surface area (Å²) >= 11 is 5.85. The molecule has 0 aliphatic rings. The Morgan fingerprint density at radius 2 is 2.00 bits per heavy atom. The Bertz CT molecular complexity index is 424. The summed E-state index contributed by atoms with van der Waals surface area (Å²) in [6, 6.07) is 5.46. The molecule has 2 aromatic rings. The minimum atomic E-state index is 0.414. The van der Waals surface area contributed by atoms with Crippen LogP contribution in [0.25, 0.3) is 5.69 Å². The summed E-state index contributed by atoms with van der Waals surface area (Å²) < 4.78 is 0. The lowest BCUT2D eigenvalue weighted by Crippen LogP contribution is -2.06. The van der Waals surface area contributed by atoms with Crippen molar-refractivity contribution in [3.05, 3.63) is 41.2 Å². The van der Waals surface area contributed by atoms with Gasteiger partial charge in [0.05, 0.1) is 18.1 Å². The normalized spacial score (nSPS) is 10.4. The van der Waals surface area contributed by atoms with Crippen molar-refractivity contribution in [2.45, 2.75) is 6.54 Å². The van der Waals surface area contributed by atoms with Crippen molar-refractivity contribution >= 4 is 11.6 Å². The Kier molecular flexibility index (Phi) is 2.47. The molecule has 0 fully saturated rings. The molecule has 0 amide bonds. The molecular weight excluding hydrogens is 200 g/mol. The molecule has 0 unspecified atom stereocenters. The van der Waals surface area contributed by atoms with Gasteiger partial charge in [0.2, 0.25) is 0 Å². The molecule has 0 saturated heterocycles. The fourth-order valence-corrected chi connectivity index (χ4v) is 1.45. The standard InChI is InChI=1S/C9H9ClN4/c10-8-1-2-9(7(5-8)6-11)14-12-3-4-13-14/h1-5H,6,11H2. The van der Waals surface area contributed by atoms with Gasteiger partial charge in [0.25, 0.3) is 0 Å². The van der Waals surface area contributed by atoms with Gasteiger partial charge < -0.3 is 5.73 Å². The van der Waals surface area contributed by atoms with Crippen LogP contribution in [-0.4, -0.2) is 15.0 Å². The van der Waals surface area contributed by atoms with Crippen LogP contribution >= 0.6 is 11.6 Å². The highest BCUT2D eigenvalue weighted by Gasteiger charge is 2.04. The van der Waals surface area contributed by atoms with Gasteiger partial charge in [-0.25, -0.2) is 0 Å². The molecule has 0 spiro atoms. The van der Waals surface area contributed by atoms with Crippen LogP contribution in [0, 0.1) is 0 Å². The summed E-state index contributed by atoms with van der Waals surface area (Å²) in [7, 11) is 0. The summed E-state index contributed by atoms with van der Waals surface area (Å²) in [5.41, 5.74) is 7.39. The summed E-state index contributed by atoms with van der Waals surface area (Å²) in [5, 5.41) is 8.73. The van der Waals surface area contributed by atoms with E-state index in [4.69, 9.17) is 17.3 Å². The van der Waals surface area contributed by atoms with Crippen molar-refractivity contribution in [3.8, 4) is 5.69 Å². The first-order valence-electron chi connectivity index (χ1n) is 4.16. The molecule has 5 heteroatoms. The highest BCUT2D eigenvalue weighted by molar-refractivity contribution is 6.30. The Balaban J connectivity index is 2.53. The van der Waals surface area contributed by atoms with Crippen LogP contribution in [0.1, 0.15) is 5.56 Å². The molecule has 0 bridgehead atoms. The zero-order chi connectivity index (χ0) is 9.97. The Hall–Kier alpha value is -1.39. The van der Waals surface area contributed by atoms with Gasteiger partial charge in [-0.05, 0) is 23.8 Å². The van der Waals surface area contributed by atoms with Crippen LogP contribution in [-0.2, 0) is 6.54 Å². The van der Waals surface area contributed by atoms with Gasteiger partial charge in [-0.2, -0.15) is 15.0 Å². The quantitative estimate of drug-likeness (QED) is 0.811. The zero-order valence-electron chi connectivity index (χ0n) is 7.39. The maximum atomic E-state index is 5.85. The summed E-state index contributed by atoms with van der Waals surface area (Å²) in [6.45, 7) is 0.414. The second kappa shape index (κ2) is 3.77. The van der Waals surface area contributed by atoms with E-state index < -0.39 is 0 Å². The largest absolute Gasteiger partial charge is 0.326 e. The van der Waals surface area contributed by atoms with Crippen LogP contribution < -0.4 is 5.73 Å². The lowest BCUT2D eigenvalue weighted by Gasteiger charge is -2.06. The van der Waals surface area contributed by atoms with E-state index in [2.05, 4.69) is 10.2 Å². The first-order chi connectivity index (χ1) is 6.81. The molecule has 0 aliphatic carbocycles. The highest BCUT2D eigenvalue weighted by Crippen LogP contribution is 2.17. The summed E-state index contributed by atoms with van der Waals surface area (Å²) in [4.78, 5) is 1.53. The molecule has 1 aromatic heterocycles. The maximum Gasteiger partial charge on any atom is 0.0902 e. The van der Waals surface area contributed by atoms with E-state index in [1.165, 1.54) is 4.80 Å². The number of benzene rings is 1. The maximum absolute atomic E-state index is 5.85. The molecule has 4 nitrogen and oxygen atoms in total. The van der Waals surface area contributed by atoms with Gasteiger partial charge in [-0.1, -0.05) is 11.6 Å². The first kappa shape index (κ1) is 9.18. The lowest BCUT2D eigenvalue weighted by molar-refractivity contribution is 0.741. The molecule has 2 N–H and O–H groups in total. The second-order valence-electron chi connectivity index (χ2n) is 2.80. The third kappa shape index (κ3) is 1.62. The third-order valence-electron chi connectivity index (χ3n) is 1.90. The van der Waals surface area contributed by atoms with E-state index in [0.29, 0.717) is 11.6 Å². The SMILES string of the molecule is NCc1cc(Cl)ccc1-n1nccn1. The smallest absolute Gasteiger partial charge is 0.0902 e. The first-order valence-corrected chi connectivity index (χ1v) is 4.54. The molecule has 72 valence electrons. The van der Waals surface area contributed by atoms with E-state index in [9.17, 15) is 0 Å². The van der Waals surface area contributed by atoms with Crippen LogP contribution in [0.3, 0.4) is 0 Å². The van der Waals surface area contributed by atoms with Gasteiger partial charge >= 0.3 is 0 Å². The van der Waals surface area contributed by atoms with E-state index in [-0.39, 0.29) is 0 Å². The van der Waals surface area contributed by atoms with E-state index >= 15 is 0 Å². The van der Waals surface area contributed by atoms with Crippen LogP contribution in [0.15, 0.2) is 30.6 Å². The fourth-order valence-electron chi connectivity index (χ4n) is 1.25. The zero-order valence-corrected chi connectivity index (χ0v) is 8.15. The van der Waals surface area contributed by atoms with E-state index in [1.807, 2.05) is 12.1 Å². The third-order valence-corrected chi connectivity index (χ3v) is 2.13. The van der Waals surface area contributed by atoms with Crippen LogP contribution in [0.2, 0.25) is 5.02 Å². The predicted octanol–water partition coefficient (Wildman–Crippen LogP) is 1.38. The predicted molar refractivity (Wildman–Crippen MR) is 54.3 cm³/mol. The number of halogens is 1. The molecule has 2 rings (SSSR count). The van der Waals surface area contributed by atoms with Crippen molar-refractivity contribution in [2.24, 2.45) is 5.73 Å². The number of hydrogen-bond acceptors (Lipinski definition) is 3. The van der Waals surface area contributed by atoms with E-state index in [0.717, 1.165) is 11.3 Å². The monoisotopic (exact) mass is 208 g/mol. The molecule has 0 atom stereocenters. The fraction of sp³-hybridized carbons (Fsp3) is 0.111. The summed E-state index contributed by atoms with van der Waals surface area (Å²) in [5.74, 6) is 0. The number of rotatable bonds is 2. The number of hydrogen-bond donors (Lipinski definition) is 1. The minimum absolute atomic E-state index is 0.414. The number of nitrogens with zero attached hydrogens (tertiary/aromatic N) is 3. The molecule has 0 saturated carbocycles. The molecular formula is C9H9ClN4. The Labute approximate surface area is 86.3 Å². The van der Waals surface area contributed by atoms with Crippen LogP contribution in [0.5, 0.6) is 0 Å².